The van der Waals surface area contributed by atoms with Crippen molar-refractivity contribution in [2.24, 2.45) is 0 Å². The number of carboxylic acid groups (broad SMARTS) is 1. The molecule has 2 aromatic heterocycles. The summed E-state index contributed by atoms with van der Waals surface area (Å²) in [6.07, 6.45) is 3.46. The van der Waals surface area contributed by atoms with Gasteiger partial charge in [-0.25, -0.2) is 9.78 Å². The van der Waals surface area contributed by atoms with Crippen LogP contribution in [0.25, 0.3) is 0 Å². The van der Waals surface area contributed by atoms with Gasteiger partial charge in [-0.15, -0.1) is 0 Å². The zero-order valence-corrected chi connectivity index (χ0v) is 8.04. The third-order valence-corrected chi connectivity index (χ3v) is 2.03. The minimum atomic E-state index is -1.09. The zero-order valence-electron chi connectivity index (χ0n) is 8.04. The number of hydrogen-bond acceptors (Lipinski definition) is 4. The van der Waals surface area contributed by atoms with Crippen LogP contribution in [0.2, 0.25) is 0 Å². The normalized spacial score (nSPS) is 10.5. The van der Waals surface area contributed by atoms with Crippen molar-refractivity contribution >= 4 is 5.97 Å². The summed E-state index contributed by atoms with van der Waals surface area (Å²) < 4.78 is 6.71. The van der Waals surface area contributed by atoms with Crippen LogP contribution in [0.1, 0.15) is 22.1 Å². The van der Waals surface area contributed by atoms with Crippen LogP contribution in [-0.4, -0.2) is 25.8 Å². The summed E-state index contributed by atoms with van der Waals surface area (Å²) in [6.45, 7) is 2.29. The zero-order chi connectivity index (χ0) is 10.8. The van der Waals surface area contributed by atoms with E-state index in [0.29, 0.717) is 12.3 Å². The van der Waals surface area contributed by atoms with Crippen molar-refractivity contribution in [3.63, 3.8) is 0 Å². The van der Waals surface area contributed by atoms with E-state index in [1.807, 2.05) is 11.5 Å². The molecule has 6 nitrogen and oxygen atoms in total. The maximum atomic E-state index is 10.5. The number of rotatable bonds is 3. The quantitative estimate of drug-likeness (QED) is 0.809. The number of aromatic nitrogens is 3. The van der Waals surface area contributed by atoms with E-state index < -0.39 is 5.97 Å². The lowest BCUT2D eigenvalue weighted by atomic mass is 10.3. The fourth-order valence-corrected chi connectivity index (χ4v) is 1.23. The van der Waals surface area contributed by atoms with Crippen molar-refractivity contribution in [3.05, 3.63) is 35.7 Å². The molecule has 0 amide bonds. The van der Waals surface area contributed by atoms with Gasteiger partial charge in [0, 0.05) is 18.5 Å². The van der Waals surface area contributed by atoms with Gasteiger partial charge in [-0.3, -0.25) is 0 Å². The van der Waals surface area contributed by atoms with Gasteiger partial charge in [0.25, 0.3) is 0 Å². The fourth-order valence-electron chi connectivity index (χ4n) is 1.23. The maximum absolute atomic E-state index is 10.5. The van der Waals surface area contributed by atoms with Crippen molar-refractivity contribution in [1.82, 2.24) is 14.7 Å². The highest BCUT2D eigenvalue weighted by Crippen LogP contribution is 2.07. The van der Waals surface area contributed by atoms with Gasteiger partial charge in [-0.2, -0.15) is 0 Å². The molecule has 0 fully saturated rings. The SMILES string of the molecule is Cc1nccn1Cc1cc(C(=O)O)no1. The molecule has 1 N–H and O–H groups in total. The molecule has 2 heterocycles. The third-order valence-electron chi connectivity index (χ3n) is 2.03. The van der Waals surface area contributed by atoms with E-state index in [-0.39, 0.29) is 5.69 Å². The molecule has 0 unspecified atom stereocenters. The first-order valence-corrected chi connectivity index (χ1v) is 4.33. The molecule has 0 saturated carbocycles. The van der Waals surface area contributed by atoms with Gasteiger partial charge in [0.2, 0.25) is 0 Å². The Morgan fingerprint density at radius 1 is 1.67 bits per heavy atom. The average Bonchev–Trinajstić information content (AvgIpc) is 2.77. The summed E-state index contributed by atoms with van der Waals surface area (Å²) >= 11 is 0. The van der Waals surface area contributed by atoms with Crippen LogP contribution in [0, 0.1) is 6.92 Å². The average molecular weight is 207 g/mol. The van der Waals surface area contributed by atoms with E-state index in [4.69, 9.17) is 9.63 Å². The lowest BCUT2D eigenvalue weighted by Crippen LogP contribution is -1.99. The van der Waals surface area contributed by atoms with Gasteiger partial charge in [-0.1, -0.05) is 5.16 Å². The maximum Gasteiger partial charge on any atom is 0.358 e. The van der Waals surface area contributed by atoms with Gasteiger partial charge in [0.05, 0.1) is 6.54 Å². The van der Waals surface area contributed by atoms with E-state index in [9.17, 15) is 4.79 Å². The number of nitrogens with zero attached hydrogens (tertiary/aromatic N) is 3. The number of aryl methyl sites for hydroxylation is 1. The molecule has 78 valence electrons. The van der Waals surface area contributed by atoms with Gasteiger partial charge in [0.1, 0.15) is 5.82 Å². The first kappa shape index (κ1) is 9.45. The topological polar surface area (TPSA) is 81.2 Å². The lowest BCUT2D eigenvalue weighted by Gasteiger charge is -1.99. The van der Waals surface area contributed by atoms with Gasteiger partial charge in [0.15, 0.2) is 11.5 Å². The Labute approximate surface area is 85.1 Å². The number of imidazole rings is 1. The van der Waals surface area contributed by atoms with Crippen molar-refractivity contribution in [2.75, 3.05) is 0 Å². The second-order valence-corrected chi connectivity index (χ2v) is 3.09. The Morgan fingerprint density at radius 3 is 3.00 bits per heavy atom. The minimum absolute atomic E-state index is 0.0808. The molecule has 0 saturated heterocycles. The second kappa shape index (κ2) is 3.56. The van der Waals surface area contributed by atoms with Crippen molar-refractivity contribution in [3.8, 4) is 0 Å². The molecule has 0 spiro atoms. The molecule has 6 heteroatoms. The third kappa shape index (κ3) is 1.88. The van der Waals surface area contributed by atoms with Gasteiger partial charge < -0.3 is 14.2 Å². The Morgan fingerprint density at radius 2 is 2.47 bits per heavy atom. The van der Waals surface area contributed by atoms with Crippen molar-refractivity contribution < 1.29 is 14.4 Å². The van der Waals surface area contributed by atoms with Crippen LogP contribution < -0.4 is 0 Å². The predicted octanol–water partition coefficient (Wildman–Crippen LogP) is 0.926. The summed E-state index contributed by atoms with van der Waals surface area (Å²) in [5, 5.41) is 12.1. The Bertz CT molecular complexity index is 486. The smallest absolute Gasteiger partial charge is 0.358 e. The van der Waals surface area contributed by atoms with E-state index in [1.165, 1.54) is 6.07 Å². The number of hydrogen-bond donors (Lipinski definition) is 1. The number of carbonyl (C=O) groups is 1. The Balaban J connectivity index is 2.18. The molecule has 2 aromatic rings. The van der Waals surface area contributed by atoms with Crippen molar-refractivity contribution in [2.45, 2.75) is 13.5 Å². The summed E-state index contributed by atoms with van der Waals surface area (Å²) in [4.78, 5) is 14.6. The van der Waals surface area contributed by atoms with E-state index in [1.54, 1.807) is 12.4 Å². The first-order valence-electron chi connectivity index (χ1n) is 4.33. The Hall–Kier alpha value is -2.11. The molecule has 0 aliphatic rings. The van der Waals surface area contributed by atoms with Crippen LogP contribution in [0.5, 0.6) is 0 Å². The summed E-state index contributed by atoms with van der Waals surface area (Å²) in [5.41, 5.74) is -0.0808. The summed E-state index contributed by atoms with van der Waals surface area (Å²) in [5.74, 6) is 0.240. The molecule has 0 aliphatic heterocycles. The fraction of sp³-hybridized carbons (Fsp3) is 0.222. The first-order chi connectivity index (χ1) is 7.16. The van der Waals surface area contributed by atoms with Crippen LogP contribution in [0.4, 0.5) is 0 Å². The highest BCUT2D eigenvalue weighted by atomic mass is 16.5. The standard InChI is InChI=1S/C9H9N3O3/c1-6-10-2-3-12(6)5-7-4-8(9(13)14)11-15-7/h2-4H,5H2,1H3,(H,13,14). The van der Waals surface area contributed by atoms with E-state index in [2.05, 4.69) is 10.1 Å². The highest BCUT2D eigenvalue weighted by Gasteiger charge is 2.11. The molecule has 0 bridgehead atoms. The van der Waals surface area contributed by atoms with E-state index >= 15 is 0 Å². The molecular weight excluding hydrogens is 198 g/mol. The van der Waals surface area contributed by atoms with Crippen LogP contribution in [0.3, 0.4) is 0 Å². The predicted molar refractivity (Wildman–Crippen MR) is 49.5 cm³/mol. The van der Waals surface area contributed by atoms with Crippen LogP contribution in [-0.2, 0) is 6.54 Å². The number of aromatic carboxylic acids is 1. The molecule has 15 heavy (non-hydrogen) atoms. The lowest BCUT2D eigenvalue weighted by molar-refractivity contribution is 0.0685. The van der Waals surface area contributed by atoms with Crippen LogP contribution in [0.15, 0.2) is 23.0 Å². The van der Waals surface area contributed by atoms with Crippen molar-refractivity contribution in [1.29, 1.82) is 0 Å². The second-order valence-electron chi connectivity index (χ2n) is 3.09. The molecule has 0 atom stereocenters. The molecule has 0 radical (unpaired) electrons. The van der Waals surface area contributed by atoms with E-state index in [0.717, 1.165) is 5.82 Å². The Kier molecular flexibility index (Phi) is 2.24. The molecule has 0 aromatic carbocycles. The van der Waals surface area contributed by atoms with Gasteiger partial charge >= 0.3 is 5.97 Å². The largest absolute Gasteiger partial charge is 0.476 e. The van der Waals surface area contributed by atoms with Crippen LogP contribution >= 0.6 is 0 Å². The molecule has 0 aliphatic carbocycles. The van der Waals surface area contributed by atoms with Gasteiger partial charge in [-0.05, 0) is 6.92 Å². The summed E-state index contributed by atoms with van der Waals surface area (Å²) in [7, 11) is 0. The minimum Gasteiger partial charge on any atom is -0.476 e. The number of carboxylic acids is 1. The molecule has 2 rings (SSSR count). The monoisotopic (exact) mass is 207 g/mol. The molecular formula is C9H9N3O3. The summed E-state index contributed by atoms with van der Waals surface area (Å²) in [6, 6.07) is 1.40. The highest BCUT2D eigenvalue weighted by molar-refractivity contribution is 5.85.